The van der Waals surface area contributed by atoms with Crippen molar-refractivity contribution in [3.8, 4) is 0 Å². The molecule has 1 unspecified atom stereocenters. The number of hydrogen-bond donors (Lipinski definition) is 0. The van der Waals surface area contributed by atoms with Crippen LogP contribution in [0.3, 0.4) is 0 Å². The molecule has 0 spiro atoms. The molecule has 0 bridgehead atoms. The van der Waals surface area contributed by atoms with Crippen molar-refractivity contribution in [2.24, 2.45) is 0 Å². The minimum absolute atomic E-state index is 0.0901. The second-order valence-corrected chi connectivity index (χ2v) is 22.7. The number of allylic oxidation sites excluding steroid dienone is 18. The van der Waals surface area contributed by atoms with Gasteiger partial charge >= 0.3 is 17.9 Å². The minimum atomic E-state index is -0.794. The molecular weight excluding hydrogens is 997 g/mol. The molecule has 0 aromatic heterocycles. The number of ether oxygens (including phenoxy) is 3. The van der Waals surface area contributed by atoms with Crippen LogP contribution in [-0.2, 0) is 28.6 Å². The molecule has 0 N–H and O–H groups in total. The van der Waals surface area contributed by atoms with Crippen LogP contribution in [-0.4, -0.2) is 37.2 Å². The molecule has 1 atom stereocenters. The van der Waals surface area contributed by atoms with Crippen LogP contribution in [0, 0.1) is 0 Å². The van der Waals surface area contributed by atoms with Gasteiger partial charge < -0.3 is 14.2 Å². The highest BCUT2D eigenvalue weighted by Gasteiger charge is 2.19. The van der Waals surface area contributed by atoms with Crippen molar-refractivity contribution in [1.82, 2.24) is 0 Å². The van der Waals surface area contributed by atoms with E-state index in [0.29, 0.717) is 19.3 Å². The van der Waals surface area contributed by atoms with E-state index >= 15 is 0 Å². The van der Waals surface area contributed by atoms with E-state index in [-0.39, 0.29) is 31.1 Å². The first kappa shape index (κ1) is 77.1. The highest BCUT2D eigenvalue weighted by atomic mass is 16.6. The zero-order valence-electron chi connectivity index (χ0n) is 53.3. The summed E-state index contributed by atoms with van der Waals surface area (Å²) in [6.45, 7) is 6.50. The standard InChI is InChI=1S/C75H128O6/c1-4-7-10-13-16-19-22-25-28-30-32-34-36-37-38-39-40-42-43-45-47-50-53-56-59-62-65-68-74(77)80-71-72(70-79-73(76)67-64-61-58-55-52-49-27-24-21-18-15-12-9-6-3)81-75(78)69-66-63-60-57-54-51-48-46-44-41-35-33-31-29-26-23-20-17-14-11-8-5-2/h7,10,15-16,18-19,24-25,27-28,32,34,37-38,40,42,45,47,72H,4-6,8-9,11-14,17,20-23,26,29-31,33,35-36,39,41,43-44,46,48-71H2,1-3H3/b10-7-,18-15-,19-16-,27-24-,28-25-,34-32-,38-37-,42-40-,47-45-. The van der Waals surface area contributed by atoms with Crippen LogP contribution >= 0.6 is 0 Å². The Kier molecular flexibility index (Phi) is 65.2. The van der Waals surface area contributed by atoms with Crippen molar-refractivity contribution < 1.29 is 28.6 Å². The quantitative estimate of drug-likeness (QED) is 0.0261. The van der Waals surface area contributed by atoms with E-state index in [1.54, 1.807) is 0 Å². The molecule has 0 radical (unpaired) electrons. The van der Waals surface area contributed by atoms with Gasteiger partial charge in [0, 0.05) is 19.3 Å². The van der Waals surface area contributed by atoms with E-state index in [1.807, 2.05) is 0 Å². The third-order valence-electron chi connectivity index (χ3n) is 14.8. The fourth-order valence-electron chi connectivity index (χ4n) is 9.62. The maximum Gasteiger partial charge on any atom is 0.306 e. The molecule has 0 saturated heterocycles. The highest BCUT2D eigenvalue weighted by Crippen LogP contribution is 2.17. The van der Waals surface area contributed by atoms with Crippen molar-refractivity contribution >= 4 is 17.9 Å². The van der Waals surface area contributed by atoms with Crippen molar-refractivity contribution in [3.05, 3.63) is 109 Å². The van der Waals surface area contributed by atoms with Crippen LogP contribution in [0.5, 0.6) is 0 Å². The fraction of sp³-hybridized carbons (Fsp3) is 0.720. The van der Waals surface area contributed by atoms with E-state index in [9.17, 15) is 14.4 Å². The van der Waals surface area contributed by atoms with Crippen LogP contribution in [0.4, 0.5) is 0 Å². The topological polar surface area (TPSA) is 78.9 Å². The first-order valence-corrected chi connectivity index (χ1v) is 34.4. The first-order valence-electron chi connectivity index (χ1n) is 34.4. The van der Waals surface area contributed by atoms with Gasteiger partial charge in [-0.25, -0.2) is 0 Å². The smallest absolute Gasteiger partial charge is 0.306 e. The number of carbonyl (C=O) groups excluding carboxylic acids is 3. The van der Waals surface area contributed by atoms with Crippen LogP contribution in [0.25, 0.3) is 0 Å². The van der Waals surface area contributed by atoms with Gasteiger partial charge in [-0.05, 0) is 103 Å². The van der Waals surface area contributed by atoms with Gasteiger partial charge in [0.25, 0.3) is 0 Å². The summed E-state index contributed by atoms with van der Waals surface area (Å²) in [7, 11) is 0. The lowest BCUT2D eigenvalue weighted by atomic mass is 10.0. The summed E-state index contributed by atoms with van der Waals surface area (Å²) in [5.41, 5.74) is 0. The van der Waals surface area contributed by atoms with Gasteiger partial charge in [0.15, 0.2) is 6.10 Å². The number of unbranched alkanes of at least 4 members (excludes halogenated alkanes) is 33. The van der Waals surface area contributed by atoms with E-state index < -0.39 is 6.10 Å². The fourth-order valence-corrected chi connectivity index (χ4v) is 9.62. The van der Waals surface area contributed by atoms with Crippen molar-refractivity contribution in [3.63, 3.8) is 0 Å². The molecule has 0 aliphatic heterocycles. The highest BCUT2D eigenvalue weighted by molar-refractivity contribution is 5.71. The maximum atomic E-state index is 12.9. The summed E-state index contributed by atoms with van der Waals surface area (Å²) in [6, 6.07) is 0. The Labute approximate surface area is 501 Å². The summed E-state index contributed by atoms with van der Waals surface area (Å²) < 4.78 is 16.9. The summed E-state index contributed by atoms with van der Waals surface area (Å²) in [4.78, 5) is 38.4. The average molecular weight is 1130 g/mol. The Morgan fingerprint density at radius 2 is 0.494 bits per heavy atom. The molecule has 6 nitrogen and oxygen atoms in total. The second-order valence-electron chi connectivity index (χ2n) is 22.7. The third-order valence-corrected chi connectivity index (χ3v) is 14.8. The Hall–Kier alpha value is -3.93. The maximum absolute atomic E-state index is 12.9. The predicted molar refractivity (Wildman–Crippen MR) is 353 cm³/mol. The van der Waals surface area contributed by atoms with Crippen LogP contribution in [0.2, 0.25) is 0 Å². The second kappa shape index (κ2) is 68.6. The van der Waals surface area contributed by atoms with Crippen molar-refractivity contribution in [2.45, 2.75) is 335 Å². The molecule has 6 heteroatoms. The lowest BCUT2D eigenvalue weighted by Crippen LogP contribution is -2.30. The molecule has 81 heavy (non-hydrogen) atoms. The molecule has 0 saturated carbocycles. The lowest BCUT2D eigenvalue weighted by molar-refractivity contribution is -0.167. The van der Waals surface area contributed by atoms with Gasteiger partial charge in [-0.1, -0.05) is 316 Å². The van der Waals surface area contributed by atoms with Gasteiger partial charge in [-0.3, -0.25) is 14.4 Å². The number of hydrogen-bond acceptors (Lipinski definition) is 6. The van der Waals surface area contributed by atoms with Gasteiger partial charge in [0.1, 0.15) is 13.2 Å². The van der Waals surface area contributed by atoms with Gasteiger partial charge in [-0.2, -0.15) is 0 Å². The van der Waals surface area contributed by atoms with E-state index in [4.69, 9.17) is 14.2 Å². The van der Waals surface area contributed by atoms with Crippen LogP contribution in [0.15, 0.2) is 109 Å². The Balaban J connectivity index is 4.37. The summed E-state index contributed by atoms with van der Waals surface area (Å²) in [5.74, 6) is -0.909. The molecule has 0 aliphatic rings. The van der Waals surface area contributed by atoms with E-state index in [0.717, 1.165) is 148 Å². The first-order chi connectivity index (χ1) is 40.0. The lowest BCUT2D eigenvalue weighted by Gasteiger charge is -2.18. The number of carbonyl (C=O) groups is 3. The molecule has 0 rings (SSSR count). The van der Waals surface area contributed by atoms with Crippen molar-refractivity contribution in [2.75, 3.05) is 13.2 Å². The van der Waals surface area contributed by atoms with Gasteiger partial charge in [-0.15, -0.1) is 0 Å². The van der Waals surface area contributed by atoms with Crippen LogP contribution < -0.4 is 0 Å². The number of esters is 3. The Bertz CT molecular complexity index is 1620. The Morgan fingerprint density at radius 1 is 0.259 bits per heavy atom. The zero-order chi connectivity index (χ0) is 58.5. The molecular formula is C75H128O6. The van der Waals surface area contributed by atoms with E-state index in [1.165, 1.54) is 141 Å². The number of rotatable bonds is 62. The molecule has 0 heterocycles. The minimum Gasteiger partial charge on any atom is -0.462 e. The van der Waals surface area contributed by atoms with Crippen molar-refractivity contribution in [1.29, 1.82) is 0 Å². The van der Waals surface area contributed by atoms with Gasteiger partial charge in [0.05, 0.1) is 0 Å². The molecule has 464 valence electrons. The summed E-state index contributed by atoms with van der Waals surface area (Å²) in [6.07, 6.45) is 93.9. The normalized spacial score (nSPS) is 12.8. The van der Waals surface area contributed by atoms with Gasteiger partial charge in [0.2, 0.25) is 0 Å². The molecule has 0 aliphatic carbocycles. The van der Waals surface area contributed by atoms with Crippen LogP contribution in [0.1, 0.15) is 329 Å². The monoisotopic (exact) mass is 1120 g/mol. The third kappa shape index (κ3) is 66.8. The Morgan fingerprint density at radius 3 is 0.790 bits per heavy atom. The molecule has 0 aromatic rings. The summed E-state index contributed by atoms with van der Waals surface area (Å²) in [5, 5.41) is 0. The zero-order valence-corrected chi connectivity index (χ0v) is 53.3. The molecule has 0 amide bonds. The molecule has 0 fully saturated rings. The molecule has 0 aromatic carbocycles. The largest absolute Gasteiger partial charge is 0.462 e. The van der Waals surface area contributed by atoms with E-state index in [2.05, 4.69) is 130 Å². The summed E-state index contributed by atoms with van der Waals surface area (Å²) >= 11 is 0. The SMILES string of the molecule is CC/C=C\C/C=C\C/C=C\C/C=C\C/C=C\C/C=C\C/C=C\CCCCCCCC(=O)OCC(COC(=O)CCCCCCC/C=C\C/C=C\CCCC)OC(=O)CCCCCCCCCCCCCCCCCCCCCCCC. The average Bonchev–Trinajstić information content (AvgIpc) is 3.47. The predicted octanol–water partition coefficient (Wildman–Crippen LogP) is 23.8.